The summed E-state index contributed by atoms with van der Waals surface area (Å²) in [7, 11) is 1.57. The number of hydrogen-bond acceptors (Lipinski definition) is 7. The minimum absolute atomic E-state index is 0.0757. The molecule has 36 heavy (non-hydrogen) atoms. The highest BCUT2D eigenvalue weighted by atomic mass is 16.5. The van der Waals surface area contributed by atoms with Gasteiger partial charge in [0.2, 0.25) is 0 Å². The number of carbonyl (C=O) groups is 2. The molecule has 1 unspecified atom stereocenters. The Balaban J connectivity index is 1.74. The summed E-state index contributed by atoms with van der Waals surface area (Å²) in [6, 6.07) is 11.9. The first-order chi connectivity index (χ1) is 17.5. The zero-order valence-electron chi connectivity index (χ0n) is 21.2. The van der Waals surface area contributed by atoms with Gasteiger partial charge in [-0.1, -0.05) is 18.2 Å². The van der Waals surface area contributed by atoms with E-state index in [1.165, 1.54) is 0 Å². The SMILES string of the molecule is CCOc1ccccc1C1/C(=C(\O)c2ccc(OC)cc2C)C(=O)C(=O)N1CCCN1CCOCC1. The number of aliphatic hydroxyl groups is 1. The van der Waals surface area contributed by atoms with Crippen LogP contribution in [-0.2, 0) is 14.3 Å². The maximum atomic E-state index is 13.4. The number of benzene rings is 2. The normalized spacial score (nSPS) is 20.1. The lowest BCUT2D eigenvalue weighted by molar-refractivity contribution is -0.140. The second-order valence-electron chi connectivity index (χ2n) is 8.95. The van der Waals surface area contributed by atoms with Crippen LogP contribution in [0.1, 0.15) is 36.1 Å². The summed E-state index contributed by atoms with van der Waals surface area (Å²) in [5, 5.41) is 11.4. The summed E-state index contributed by atoms with van der Waals surface area (Å²) in [4.78, 5) is 30.6. The number of para-hydroxylation sites is 1. The molecule has 2 aromatic rings. The molecule has 2 aromatic carbocycles. The zero-order chi connectivity index (χ0) is 25.7. The molecule has 2 aliphatic rings. The molecule has 2 fully saturated rings. The number of methoxy groups -OCH3 is 1. The van der Waals surface area contributed by atoms with E-state index in [1.807, 2.05) is 38.1 Å². The summed E-state index contributed by atoms with van der Waals surface area (Å²) in [6.07, 6.45) is 0.696. The fraction of sp³-hybridized carbons (Fsp3) is 0.429. The molecule has 0 saturated carbocycles. The van der Waals surface area contributed by atoms with Gasteiger partial charge >= 0.3 is 0 Å². The second-order valence-corrected chi connectivity index (χ2v) is 8.95. The maximum absolute atomic E-state index is 13.4. The number of morpholine rings is 1. The van der Waals surface area contributed by atoms with E-state index in [4.69, 9.17) is 14.2 Å². The van der Waals surface area contributed by atoms with Crippen LogP contribution in [0.15, 0.2) is 48.0 Å². The van der Waals surface area contributed by atoms with Crippen molar-refractivity contribution in [2.75, 3.05) is 53.1 Å². The van der Waals surface area contributed by atoms with Crippen LogP contribution >= 0.6 is 0 Å². The molecular weight excluding hydrogens is 460 g/mol. The Morgan fingerprint density at radius 1 is 1.11 bits per heavy atom. The zero-order valence-corrected chi connectivity index (χ0v) is 21.2. The van der Waals surface area contributed by atoms with Gasteiger partial charge in [0.15, 0.2) is 0 Å². The van der Waals surface area contributed by atoms with Crippen molar-refractivity contribution in [2.24, 2.45) is 0 Å². The molecule has 1 amide bonds. The fourth-order valence-corrected chi connectivity index (χ4v) is 4.89. The first-order valence-electron chi connectivity index (χ1n) is 12.4. The third kappa shape index (κ3) is 5.24. The van der Waals surface area contributed by atoms with Gasteiger partial charge in [-0.15, -0.1) is 0 Å². The molecule has 2 aliphatic heterocycles. The third-order valence-electron chi connectivity index (χ3n) is 6.72. The van der Waals surface area contributed by atoms with Gasteiger partial charge in [0.1, 0.15) is 17.3 Å². The average Bonchev–Trinajstić information content (AvgIpc) is 3.14. The van der Waals surface area contributed by atoms with Crippen LogP contribution in [0.3, 0.4) is 0 Å². The van der Waals surface area contributed by atoms with Crippen molar-refractivity contribution in [3.63, 3.8) is 0 Å². The standard InChI is InChI=1S/C28H34N2O6/c1-4-36-23-9-6-5-8-22(23)25-24(26(31)21-11-10-20(34-3)18-19(21)2)27(32)28(33)30(25)13-7-12-29-14-16-35-17-15-29/h5-6,8-11,18,25,31H,4,7,12-17H2,1-3H3/b26-24+. The molecule has 1 N–H and O–H groups in total. The highest BCUT2D eigenvalue weighted by molar-refractivity contribution is 6.46. The summed E-state index contributed by atoms with van der Waals surface area (Å²) >= 11 is 0. The first kappa shape index (κ1) is 25.7. The summed E-state index contributed by atoms with van der Waals surface area (Å²) < 4.78 is 16.6. The summed E-state index contributed by atoms with van der Waals surface area (Å²) in [6.45, 7) is 8.44. The van der Waals surface area contributed by atoms with E-state index >= 15 is 0 Å². The van der Waals surface area contributed by atoms with Gasteiger partial charge in [-0.3, -0.25) is 14.5 Å². The van der Waals surface area contributed by atoms with Gasteiger partial charge in [0, 0.05) is 37.3 Å². The highest BCUT2D eigenvalue weighted by Gasteiger charge is 2.47. The summed E-state index contributed by atoms with van der Waals surface area (Å²) in [5.74, 6) is -0.264. The number of rotatable bonds is 9. The van der Waals surface area contributed by atoms with Crippen LogP contribution in [0.2, 0.25) is 0 Å². The van der Waals surface area contributed by atoms with Gasteiger partial charge in [-0.2, -0.15) is 0 Å². The quantitative estimate of drug-likeness (QED) is 0.324. The smallest absolute Gasteiger partial charge is 0.295 e. The predicted octanol–water partition coefficient (Wildman–Crippen LogP) is 3.55. The summed E-state index contributed by atoms with van der Waals surface area (Å²) in [5.41, 5.74) is 1.98. The number of aliphatic hydroxyl groups excluding tert-OH is 1. The van der Waals surface area contributed by atoms with Crippen LogP contribution in [0, 0.1) is 6.92 Å². The minimum Gasteiger partial charge on any atom is -0.507 e. The Bertz CT molecular complexity index is 1140. The predicted molar refractivity (Wildman–Crippen MR) is 136 cm³/mol. The van der Waals surface area contributed by atoms with E-state index in [2.05, 4.69) is 4.90 Å². The Kier molecular flexibility index (Phi) is 8.28. The topological polar surface area (TPSA) is 88.5 Å². The number of nitrogens with zero attached hydrogens (tertiary/aromatic N) is 2. The van der Waals surface area contributed by atoms with Crippen LogP contribution in [0.4, 0.5) is 0 Å². The van der Waals surface area contributed by atoms with Crippen LogP contribution < -0.4 is 9.47 Å². The van der Waals surface area contributed by atoms with E-state index in [-0.39, 0.29) is 11.3 Å². The second kappa shape index (κ2) is 11.6. The van der Waals surface area contributed by atoms with E-state index in [9.17, 15) is 14.7 Å². The molecular formula is C28H34N2O6. The van der Waals surface area contributed by atoms with Crippen molar-refractivity contribution < 1.29 is 28.9 Å². The van der Waals surface area contributed by atoms with Gasteiger partial charge in [-0.25, -0.2) is 0 Å². The lowest BCUT2D eigenvalue weighted by atomic mass is 9.93. The van der Waals surface area contributed by atoms with Crippen LogP contribution in [0.25, 0.3) is 5.76 Å². The van der Waals surface area contributed by atoms with Crippen molar-refractivity contribution in [2.45, 2.75) is 26.3 Å². The molecule has 0 bridgehead atoms. The lowest BCUT2D eigenvalue weighted by Gasteiger charge is -2.29. The fourth-order valence-electron chi connectivity index (χ4n) is 4.89. The largest absolute Gasteiger partial charge is 0.507 e. The van der Waals surface area contributed by atoms with Gasteiger partial charge in [0.25, 0.3) is 11.7 Å². The monoisotopic (exact) mass is 494 g/mol. The molecule has 0 radical (unpaired) electrons. The number of amides is 1. The average molecular weight is 495 g/mol. The number of aryl methyl sites for hydroxylation is 1. The van der Waals surface area contributed by atoms with Crippen LogP contribution in [-0.4, -0.2) is 79.7 Å². The number of carbonyl (C=O) groups excluding carboxylic acids is 2. The van der Waals surface area contributed by atoms with Crippen LogP contribution in [0.5, 0.6) is 11.5 Å². The van der Waals surface area contributed by atoms with Crippen molar-refractivity contribution in [1.29, 1.82) is 0 Å². The van der Waals surface area contributed by atoms with Crippen molar-refractivity contribution in [1.82, 2.24) is 9.80 Å². The van der Waals surface area contributed by atoms with Gasteiger partial charge < -0.3 is 24.2 Å². The van der Waals surface area contributed by atoms with Crippen molar-refractivity contribution in [3.05, 3.63) is 64.7 Å². The van der Waals surface area contributed by atoms with Gasteiger partial charge in [0.05, 0.1) is 38.5 Å². The Morgan fingerprint density at radius 2 is 1.86 bits per heavy atom. The molecule has 8 heteroatoms. The Labute approximate surface area is 212 Å². The molecule has 2 saturated heterocycles. The molecule has 0 aliphatic carbocycles. The third-order valence-corrected chi connectivity index (χ3v) is 6.72. The number of hydrogen-bond donors (Lipinski definition) is 1. The Hall–Kier alpha value is -3.36. The number of likely N-dealkylation sites (tertiary alicyclic amines) is 1. The molecule has 8 nitrogen and oxygen atoms in total. The lowest BCUT2D eigenvalue weighted by Crippen LogP contribution is -2.39. The molecule has 2 heterocycles. The highest BCUT2D eigenvalue weighted by Crippen LogP contribution is 2.43. The van der Waals surface area contributed by atoms with E-state index in [1.54, 1.807) is 30.2 Å². The molecule has 4 rings (SSSR count). The van der Waals surface area contributed by atoms with Crippen molar-refractivity contribution >= 4 is 17.4 Å². The molecule has 192 valence electrons. The first-order valence-corrected chi connectivity index (χ1v) is 12.4. The van der Waals surface area contributed by atoms with E-state index in [0.717, 1.165) is 25.2 Å². The molecule has 0 spiro atoms. The Morgan fingerprint density at radius 3 is 2.56 bits per heavy atom. The van der Waals surface area contributed by atoms with E-state index in [0.29, 0.717) is 55.4 Å². The van der Waals surface area contributed by atoms with E-state index < -0.39 is 17.7 Å². The number of Topliss-reactive ketones (excluding diaryl/α,β-unsaturated/α-hetero) is 1. The maximum Gasteiger partial charge on any atom is 0.295 e. The molecule has 0 aromatic heterocycles. The number of ether oxygens (including phenoxy) is 3. The van der Waals surface area contributed by atoms with Crippen molar-refractivity contribution in [3.8, 4) is 11.5 Å². The van der Waals surface area contributed by atoms with Gasteiger partial charge in [-0.05, 0) is 50.1 Å². The number of ketones is 1. The minimum atomic E-state index is -0.751. The molecule has 1 atom stereocenters.